The molecule has 2 unspecified atom stereocenters. The number of nitrogens with one attached hydrogen (secondary N) is 1. The number of rotatable bonds is 6. The smallest absolute Gasteiger partial charge is 0.224 e. The Morgan fingerprint density at radius 2 is 1.70 bits per heavy atom. The molecule has 3 rings (SSSR count). The Balaban J connectivity index is 0.00000182. The van der Waals surface area contributed by atoms with Gasteiger partial charge in [0.1, 0.15) is 0 Å². The number of halogens is 2. The molecule has 1 amide bonds. The third-order valence-electron chi connectivity index (χ3n) is 4.85. The summed E-state index contributed by atoms with van der Waals surface area (Å²) in [6.45, 7) is 3.27. The second kappa shape index (κ2) is 12.0. The van der Waals surface area contributed by atoms with Gasteiger partial charge in [0.25, 0.3) is 0 Å². The van der Waals surface area contributed by atoms with E-state index in [2.05, 4.69) is 34.5 Å². The number of hydrogen-bond acceptors (Lipinski definition) is 3. The molecule has 3 N–H and O–H groups in total. The van der Waals surface area contributed by atoms with E-state index in [4.69, 9.17) is 5.73 Å². The summed E-state index contributed by atoms with van der Waals surface area (Å²) in [5.74, 6) is 0.185. The molecular weight excluding hydrogens is 381 g/mol. The van der Waals surface area contributed by atoms with Gasteiger partial charge in [-0.25, -0.2) is 0 Å². The standard InChI is InChI=1S/C21H27N3O.2ClH/c22-20(18-10-5-2-6-11-18)14-23-21(25)19-12-7-13-24(16-19)15-17-8-3-1-4-9-17;;/h1-6,8-11,19-20H,7,12-16,22H2,(H,23,25);2*1H. The molecule has 1 aliphatic rings. The first-order valence-corrected chi connectivity index (χ1v) is 9.07. The van der Waals surface area contributed by atoms with Crippen molar-refractivity contribution >= 4 is 30.7 Å². The van der Waals surface area contributed by atoms with Gasteiger partial charge in [0.15, 0.2) is 0 Å². The Morgan fingerprint density at radius 3 is 2.37 bits per heavy atom. The van der Waals surface area contributed by atoms with Gasteiger partial charge < -0.3 is 11.1 Å². The highest BCUT2D eigenvalue weighted by Gasteiger charge is 2.25. The van der Waals surface area contributed by atoms with Crippen LogP contribution in [0.4, 0.5) is 0 Å². The van der Waals surface area contributed by atoms with Crippen molar-refractivity contribution in [3.8, 4) is 0 Å². The van der Waals surface area contributed by atoms with E-state index in [1.807, 2.05) is 36.4 Å². The summed E-state index contributed by atoms with van der Waals surface area (Å²) in [6, 6.07) is 20.2. The van der Waals surface area contributed by atoms with Crippen LogP contribution in [0.2, 0.25) is 0 Å². The minimum Gasteiger partial charge on any atom is -0.354 e. The molecule has 148 valence electrons. The van der Waals surface area contributed by atoms with E-state index in [0.717, 1.165) is 38.0 Å². The Kier molecular flexibility index (Phi) is 10.4. The summed E-state index contributed by atoms with van der Waals surface area (Å²) >= 11 is 0. The number of likely N-dealkylation sites (tertiary alicyclic amines) is 1. The molecule has 2 aromatic rings. The van der Waals surface area contributed by atoms with Crippen LogP contribution in [0, 0.1) is 5.92 Å². The molecule has 0 bridgehead atoms. The first-order valence-electron chi connectivity index (χ1n) is 9.07. The molecule has 1 fully saturated rings. The van der Waals surface area contributed by atoms with Crippen LogP contribution < -0.4 is 11.1 Å². The van der Waals surface area contributed by atoms with E-state index in [9.17, 15) is 4.79 Å². The van der Waals surface area contributed by atoms with E-state index in [0.29, 0.717) is 6.54 Å². The van der Waals surface area contributed by atoms with Crippen LogP contribution in [-0.2, 0) is 11.3 Å². The Bertz CT molecular complexity index is 670. The van der Waals surface area contributed by atoms with Gasteiger partial charge in [-0.05, 0) is 30.5 Å². The van der Waals surface area contributed by atoms with Gasteiger partial charge in [-0.3, -0.25) is 9.69 Å². The van der Waals surface area contributed by atoms with Gasteiger partial charge in [0, 0.05) is 25.7 Å². The van der Waals surface area contributed by atoms with Crippen LogP contribution in [0.15, 0.2) is 60.7 Å². The quantitative estimate of drug-likeness (QED) is 0.766. The Morgan fingerprint density at radius 1 is 1.07 bits per heavy atom. The van der Waals surface area contributed by atoms with Gasteiger partial charge >= 0.3 is 0 Å². The molecule has 2 atom stereocenters. The average Bonchev–Trinajstić information content (AvgIpc) is 2.67. The lowest BCUT2D eigenvalue weighted by molar-refractivity contribution is -0.126. The van der Waals surface area contributed by atoms with Crippen molar-refractivity contribution in [2.24, 2.45) is 11.7 Å². The minimum absolute atomic E-state index is 0. The normalized spacial score (nSPS) is 17.9. The van der Waals surface area contributed by atoms with Gasteiger partial charge in [0.05, 0.1) is 5.92 Å². The number of piperidine rings is 1. The van der Waals surface area contributed by atoms with E-state index in [1.165, 1.54) is 5.56 Å². The van der Waals surface area contributed by atoms with Crippen molar-refractivity contribution in [2.75, 3.05) is 19.6 Å². The lowest BCUT2D eigenvalue weighted by Gasteiger charge is -2.32. The highest BCUT2D eigenvalue weighted by molar-refractivity contribution is 5.85. The van der Waals surface area contributed by atoms with Gasteiger partial charge in [0.2, 0.25) is 5.91 Å². The number of amides is 1. The predicted octanol–water partition coefficient (Wildman–Crippen LogP) is 3.56. The third-order valence-corrected chi connectivity index (χ3v) is 4.85. The van der Waals surface area contributed by atoms with Crippen molar-refractivity contribution in [2.45, 2.75) is 25.4 Å². The fourth-order valence-electron chi connectivity index (χ4n) is 3.43. The SMILES string of the molecule is Cl.Cl.NC(CNC(=O)C1CCCN(Cc2ccccc2)C1)c1ccccc1. The Labute approximate surface area is 174 Å². The van der Waals surface area contributed by atoms with Crippen molar-refractivity contribution in [1.82, 2.24) is 10.2 Å². The number of nitrogens with zero attached hydrogens (tertiary/aromatic N) is 1. The second-order valence-corrected chi connectivity index (χ2v) is 6.82. The minimum atomic E-state index is -0.158. The molecule has 0 aromatic heterocycles. The summed E-state index contributed by atoms with van der Waals surface area (Å²) in [4.78, 5) is 14.9. The largest absolute Gasteiger partial charge is 0.354 e. The maximum absolute atomic E-state index is 12.5. The number of benzene rings is 2. The molecule has 1 heterocycles. The average molecular weight is 410 g/mol. The van der Waals surface area contributed by atoms with Crippen LogP contribution in [0.5, 0.6) is 0 Å². The molecule has 0 aliphatic carbocycles. The molecule has 1 aliphatic heterocycles. The number of nitrogens with two attached hydrogens (primary N) is 1. The van der Waals surface area contributed by atoms with E-state index >= 15 is 0 Å². The van der Waals surface area contributed by atoms with E-state index in [-0.39, 0.29) is 42.7 Å². The predicted molar refractivity (Wildman–Crippen MR) is 115 cm³/mol. The van der Waals surface area contributed by atoms with Gasteiger partial charge in [-0.2, -0.15) is 0 Å². The van der Waals surface area contributed by atoms with Crippen molar-refractivity contribution in [3.05, 3.63) is 71.8 Å². The molecule has 0 spiro atoms. The van der Waals surface area contributed by atoms with Gasteiger partial charge in [-0.1, -0.05) is 60.7 Å². The Hall–Kier alpha value is -1.59. The molecule has 4 nitrogen and oxygen atoms in total. The van der Waals surface area contributed by atoms with Gasteiger partial charge in [-0.15, -0.1) is 24.8 Å². The summed E-state index contributed by atoms with van der Waals surface area (Å²) in [6.07, 6.45) is 2.02. The molecular formula is C21H29Cl2N3O. The third kappa shape index (κ3) is 7.15. The van der Waals surface area contributed by atoms with Crippen molar-refractivity contribution in [1.29, 1.82) is 0 Å². The number of carbonyl (C=O) groups is 1. The maximum atomic E-state index is 12.5. The fraction of sp³-hybridized carbons (Fsp3) is 0.381. The molecule has 1 saturated heterocycles. The summed E-state index contributed by atoms with van der Waals surface area (Å²) in [5.41, 5.74) is 8.53. The highest BCUT2D eigenvalue weighted by atomic mass is 35.5. The van der Waals surface area contributed by atoms with Crippen LogP contribution in [0.3, 0.4) is 0 Å². The van der Waals surface area contributed by atoms with Crippen LogP contribution in [-0.4, -0.2) is 30.4 Å². The van der Waals surface area contributed by atoms with Crippen LogP contribution in [0.1, 0.15) is 30.0 Å². The number of carbonyl (C=O) groups excluding carboxylic acids is 1. The van der Waals surface area contributed by atoms with Crippen LogP contribution >= 0.6 is 24.8 Å². The lowest BCUT2D eigenvalue weighted by atomic mass is 9.96. The first-order chi connectivity index (χ1) is 12.2. The number of hydrogen-bond donors (Lipinski definition) is 2. The van der Waals surface area contributed by atoms with Crippen LogP contribution in [0.25, 0.3) is 0 Å². The fourth-order valence-corrected chi connectivity index (χ4v) is 3.43. The van der Waals surface area contributed by atoms with Crippen molar-refractivity contribution in [3.63, 3.8) is 0 Å². The second-order valence-electron chi connectivity index (χ2n) is 6.82. The molecule has 0 radical (unpaired) electrons. The zero-order valence-corrected chi connectivity index (χ0v) is 17.1. The zero-order chi connectivity index (χ0) is 17.5. The summed E-state index contributed by atoms with van der Waals surface area (Å²) in [5, 5.41) is 3.04. The maximum Gasteiger partial charge on any atom is 0.224 e. The van der Waals surface area contributed by atoms with E-state index < -0.39 is 0 Å². The molecule has 0 saturated carbocycles. The lowest BCUT2D eigenvalue weighted by Crippen LogP contribution is -2.44. The molecule has 27 heavy (non-hydrogen) atoms. The zero-order valence-electron chi connectivity index (χ0n) is 15.4. The first kappa shape index (κ1) is 23.4. The van der Waals surface area contributed by atoms with E-state index in [1.54, 1.807) is 0 Å². The summed E-state index contributed by atoms with van der Waals surface area (Å²) < 4.78 is 0. The summed E-state index contributed by atoms with van der Waals surface area (Å²) in [7, 11) is 0. The molecule has 2 aromatic carbocycles. The monoisotopic (exact) mass is 409 g/mol. The molecule has 6 heteroatoms. The van der Waals surface area contributed by atoms with Crippen molar-refractivity contribution < 1.29 is 4.79 Å². The topological polar surface area (TPSA) is 58.4 Å². The highest BCUT2D eigenvalue weighted by Crippen LogP contribution is 2.19.